The number of likely N-dealkylation sites (N-methyl/N-ethyl adjacent to an activating group) is 1. The Morgan fingerprint density at radius 2 is 2.10 bits per heavy atom. The molecule has 0 bridgehead atoms. The molecule has 0 saturated carbocycles. The Labute approximate surface area is 123 Å². The number of rotatable bonds is 5. The van der Waals surface area contributed by atoms with E-state index in [0.29, 0.717) is 19.6 Å². The number of hydrogen-bond donors (Lipinski definition) is 2. The van der Waals surface area contributed by atoms with Crippen LogP contribution in [0.15, 0.2) is 30.3 Å². The van der Waals surface area contributed by atoms with Crippen LogP contribution >= 0.6 is 0 Å². The van der Waals surface area contributed by atoms with E-state index in [1.807, 2.05) is 30.3 Å². The third-order valence-electron chi connectivity index (χ3n) is 3.70. The Hall–Kier alpha value is -2.08. The quantitative estimate of drug-likeness (QED) is 0.852. The van der Waals surface area contributed by atoms with Gasteiger partial charge in [0.25, 0.3) is 0 Å². The van der Waals surface area contributed by atoms with Crippen molar-refractivity contribution in [3.05, 3.63) is 35.9 Å². The average Bonchev–Trinajstić information content (AvgIpc) is 2.95. The predicted molar refractivity (Wildman–Crippen MR) is 77.1 cm³/mol. The predicted octanol–water partition coefficient (Wildman–Crippen LogP) is 1.11. The summed E-state index contributed by atoms with van der Waals surface area (Å²) in [5.74, 6) is -1.05. The van der Waals surface area contributed by atoms with Crippen molar-refractivity contribution in [2.24, 2.45) is 0 Å². The highest BCUT2D eigenvalue weighted by Crippen LogP contribution is 2.19. The largest absolute Gasteiger partial charge is 0.479 e. The molecule has 114 valence electrons. The van der Waals surface area contributed by atoms with E-state index < -0.39 is 11.5 Å². The molecule has 1 fully saturated rings. The average molecular weight is 292 g/mol. The van der Waals surface area contributed by atoms with Crippen LogP contribution in [0, 0.1) is 0 Å². The summed E-state index contributed by atoms with van der Waals surface area (Å²) in [7, 11) is 1.66. The van der Waals surface area contributed by atoms with E-state index in [2.05, 4.69) is 5.32 Å². The lowest BCUT2D eigenvalue weighted by Gasteiger charge is -2.27. The third kappa shape index (κ3) is 3.72. The highest BCUT2D eigenvalue weighted by molar-refractivity contribution is 5.86. The van der Waals surface area contributed by atoms with Gasteiger partial charge >= 0.3 is 12.0 Å². The Morgan fingerprint density at radius 1 is 1.38 bits per heavy atom. The van der Waals surface area contributed by atoms with E-state index in [9.17, 15) is 14.7 Å². The number of nitrogens with one attached hydrogen (secondary N) is 1. The number of nitrogens with zero attached hydrogens (tertiary/aromatic N) is 1. The zero-order chi connectivity index (χ0) is 15.3. The number of aliphatic carboxylic acids is 1. The number of carboxylic acid groups (broad SMARTS) is 1. The van der Waals surface area contributed by atoms with Gasteiger partial charge in [-0.05, 0) is 12.0 Å². The van der Waals surface area contributed by atoms with Crippen LogP contribution in [0.5, 0.6) is 0 Å². The van der Waals surface area contributed by atoms with Gasteiger partial charge in [0.05, 0.1) is 6.61 Å². The lowest BCUT2D eigenvalue weighted by molar-refractivity contribution is -0.144. The van der Waals surface area contributed by atoms with Crippen LogP contribution in [0.25, 0.3) is 0 Å². The monoisotopic (exact) mass is 292 g/mol. The van der Waals surface area contributed by atoms with Crippen molar-refractivity contribution in [2.75, 3.05) is 26.8 Å². The van der Waals surface area contributed by atoms with Gasteiger partial charge < -0.3 is 20.1 Å². The van der Waals surface area contributed by atoms with E-state index in [-0.39, 0.29) is 12.6 Å². The molecule has 1 saturated heterocycles. The molecule has 1 atom stereocenters. The first-order valence-electron chi connectivity index (χ1n) is 6.92. The molecule has 1 aromatic carbocycles. The molecular formula is C15H20N2O4. The fraction of sp³-hybridized carbons (Fsp3) is 0.467. The summed E-state index contributed by atoms with van der Waals surface area (Å²) in [4.78, 5) is 25.0. The summed E-state index contributed by atoms with van der Waals surface area (Å²) in [5, 5.41) is 11.9. The molecule has 1 aliphatic heterocycles. The highest BCUT2D eigenvalue weighted by atomic mass is 16.5. The molecule has 6 nitrogen and oxygen atoms in total. The molecular weight excluding hydrogens is 272 g/mol. The van der Waals surface area contributed by atoms with Crippen LogP contribution in [-0.2, 0) is 16.0 Å². The Kier molecular flexibility index (Phi) is 4.80. The standard InChI is InChI=1S/C15H20N2O4/c1-17(9-7-12-5-3-2-4-6-12)14(20)16-15(13(18)19)8-10-21-11-15/h2-6H,7-11H2,1H3,(H,16,20)(H,18,19). The van der Waals surface area contributed by atoms with Crippen LogP contribution in [0.4, 0.5) is 4.79 Å². The van der Waals surface area contributed by atoms with E-state index in [1.54, 1.807) is 7.05 Å². The van der Waals surface area contributed by atoms with Crippen molar-refractivity contribution in [3.8, 4) is 0 Å². The van der Waals surface area contributed by atoms with Gasteiger partial charge in [0.2, 0.25) is 0 Å². The van der Waals surface area contributed by atoms with Crippen molar-refractivity contribution < 1.29 is 19.4 Å². The van der Waals surface area contributed by atoms with Gasteiger partial charge in [-0.1, -0.05) is 30.3 Å². The molecule has 0 aromatic heterocycles. The van der Waals surface area contributed by atoms with E-state index >= 15 is 0 Å². The maximum Gasteiger partial charge on any atom is 0.332 e. The van der Waals surface area contributed by atoms with Gasteiger partial charge in [-0.25, -0.2) is 9.59 Å². The smallest absolute Gasteiger partial charge is 0.332 e. The molecule has 0 aliphatic carbocycles. The van der Waals surface area contributed by atoms with Gasteiger partial charge in [-0.2, -0.15) is 0 Å². The lowest BCUT2D eigenvalue weighted by Crippen LogP contribution is -2.58. The Morgan fingerprint density at radius 3 is 2.67 bits per heavy atom. The number of carbonyl (C=O) groups excluding carboxylic acids is 1. The summed E-state index contributed by atoms with van der Waals surface area (Å²) in [6, 6.07) is 9.44. The molecule has 1 unspecified atom stereocenters. The normalized spacial score (nSPS) is 21.0. The first-order chi connectivity index (χ1) is 10.0. The molecule has 2 rings (SSSR count). The molecule has 1 heterocycles. The second kappa shape index (κ2) is 6.58. The van der Waals surface area contributed by atoms with Crippen molar-refractivity contribution in [3.63, 3.8) is 0 Å². The minimum Gasteiger partial charge on any atom is -0.479 e. The van der Waals surface area contributed by atoms with Crippen molar-refractivity contribution in [2.45, 2.75) is 18.4 Å². The number of amides is 2. The molecule has 6 heteroatoms. The third-order valence-corrected chi connectivity index (χ3v) is 3.70. The number of hydrogen-bond acceptors (Lipinski definition) is 3. The summed E-state index contributed by atoms with van der Waals surface area (Å²) < 4.78 is 5.12. The summed E-state index contributed by atoms with van der Waals surface area (Å²) in [6.07, 6.45) is 1.02. The first kappa shape index (κ1) is 15.3. The van der Waals surface area contributed by atoms with E-state index in [4.69, 9.17) is 4.74 Å². The van der Waals surface area contributed by atoms with Crippen LogP contribution in [0.2, 0.25) is 0 Å². The van der Waals surface area contributed by atoms with Crippen molar-refractivity contribution >= 4 is 12.0 Å². The van der Waals surface area contributed by atoms with Gasteiger partial charge in [0, 0.05) is 26.6 Å². The fourth-order valence-electron chi connectivity index (χ4n) is 2.23. The lowest BCUT2D eigenvalue weighted by atomic mass is 9.99. The number of urea groups is 1. The second-order valence-electron chi connectivity index (χ2n) is 5.28. The van der Waals surface area contributed by atoms with E-state index in [0.717, 1.165) is 12.0 Å². The van der Waals surface area contributed by atoms with Crippen LogP contribution in [0.1, 0.15) is 12.0 Å². The first-order valence-corrected chi connectivity index (χ1v) is 6.92. The Balaban J connectivity index is 1.89. The second-order valence-corrected chi connectivity index (χ2v) is 5.28. The number of benzene rings is 1. The van der Waals surface area contributed by atoms with Gasteiger partial charge in [-0.15, -0.1) is 0 Å². The van der Waals surface area contributed by atoms with Gasteiger partial charge in [0.1, 0.15) is 0 Å². The van der Waals surface area contributed by atoms with Crippen LogP contribution in [0.3, 0.4) is 0 Å². The molecule has 1 aromatic rings. The Bertz CT molecular complexity index is 498. The number of carbonyl (C=O) groups is 2. The van der Waals surface area contributed by atoms with Crippen LogP contribution in [-0.4, -0.2) is 54.4 Å². The highest BCUT2D eigenvalue weighted by Gasteiger charge is 2.44. The van der Waals surface area contributed by atoms with Crippen molar-refractivity contribution in [1.82, 2.24) is 10.2 Å². The molecule has 0 radical (unpaired) electrons. The minimum absolute atomic E-state index is 0.0145. The maximum absolute atomic E-state index is 12.1. The number of carboxylic acids is 1. The maximum atomic E-state index is 12.1. The van der Waals surface area contributed by atoms with Gasteiger partial charge in [-0.3, -0.25) is 0 Å². The topological polar surface area (TPSA) is 78.9 Å². The minimum atomic E-state index is -1.29. The van der Waals surface area contributed by atoms with Crippen molar-refractivity contribution in [1.29, 1.82) is 0 Å². The molecule has 2 N–H and O–H groups in total. The number of ether oxygens (including phenoxy) is 1. The summed E-state index contributed by atoms with van der Waals surface area (Å²) >= 11 is 0. The molecule has 0 spiro atoms. The van der Waals surface area contributed by atoms with Crippen LogP contribution < -0.4 is 5.32 Å². The summed E-state index contributed by atoms with van der Waals surface area (Å²) in [6.45, 7) is 0.882. The molecule has 1 aliphatic rings. The summed E-state index contributed by atoms with van der Waals surface area (Å²) in [5.41, 5.74) is -0.160. The SMILES string of the molecule is CN(CCc1ccccc1)C(=O)NC1(C(=O)O)CCOC1. The zero-order valence-electron chi connectivity index (χ0n) is 12.0. The molecule has 2 amide bonds. The molecule has 21 heavy (non-hydrogen) atoms. The zero-order valence-corrected chi connectivity index (χ0v) is 12.0. The fourth-order valence-corrected chi connectivity index (χ4v) is 2.23. The van der Waals surface area contributed by atoms with E-state index in [1.165, 1.54) is 4.90 Å². The van der Waals surface area contributed by atoms with Gasteiger partial charge in [0.15, 0.2) is 5.54 Å².